The van der Waals surface area contributed by atoms with E-state index in [0.717, 1.165) is 4.31 Å². The van der Waals surface area contributed by atoms with Gasteiger partial charge in [0.2, 0.25) is 15.9 Å². The Morgan fingerprint density at radius 1 is 1.14 bits per heavy atom. The molecule has 10 heteroatoms. The minimum atomic E-state index is -3.59. The maximum atomic E-state index is 12.2. The lowest BCUT2D eigenvalue weighted by molar-refractivity contribution is -0.115. The number of nitrogens with zero attached hydrogens (tertiary/aromatic N) is 1. The number of benzene rings is 2. The number of sulfonamides is 1. The van der Waals surface area contributed by atoms with Gasteiger partial charge in [0.25, 0.3) is 0 Å². The second-order valence-electron chi connectivity index (χ2n) is 6.57. The van der Waals surface area contributed by atoms with Crippen LogP contribution in [0.4, 0.5) is 5.69 Å². The topological polar surface area (TPSA) is 119 Å². The van der Waals surface area contributed by atoms with Gasteiger partial charge < -0.3 is 20.8 Å². The van der Waals surface area contributed by atoms with Gasteiger partial charge in [-0.15, -0.1) is 12.4 Å². The van der Waals surface area contributed by atoms with Gasteiger partial charge in [0.15, 0.2) is 0 Å². The number of phenols is 1. The van der Waals surface area contributed by atoms with E-state index in [1.165, 1.54) is 38.4 Å². The van der Waals surface area contributed by atoms with Crippen molar-refractivity contribution in [3.05, 3.63) is 54.1 Å². The molecule has 160 valence electrons. The molecule has 0 spiro atoms. The third-order valence-electron chi connectivity index (χ3n) is 4.19. The zero-order valence-corrected chi connectivity index (χ0v) is 18.0. The number of aliphatic hydroxyl groups is 1. The molecule has 4 N–H and O–H groups in total. The van der Waals surface area contributed by atoms with E-state index >= 15 is 0 Å². The summed E-state index contributed by atoms with van der Waals surface area (Å²) >= 11 is 0. The summed E-state index contributed by atoms with van der Waals surface area (Å²) in [7, 11) is -0.719. The number of carbonyl (C=O) groups is 1. The highest BCUT2D eigenvalue weighted by Gasteiger charge is 2.19. The third-order valence-corrected chi connectivity index (χ3v) is 6.00. The van der Waals surface area contributed by atoms with Crippen molar-refractivity contribution in [2.75, 3.05) is 26.0 Å². The largest absolute Gasteiger partial charge is 0.508 e. The first-order valence-electron chi connectivity index (χ1n) is 8.64. The van der Waals surface area contributed by atoms with E-state index in [4.69, 9.17) is 0 Å². The SMILES string of the molecule is CC(NCC(=O)Nc1cccc(S(=O)(=O)N(C)C)c1)C(O)c1ccc(O)cc1.Cl. The molecule has 0 aliphatic carbocycles. The van der Waals surface area contributed by atoms with Gasteiger partial charge >= 0.3 is 0 Å². The monoisotopic (exact) mass is 443 g/mol. The van der Waals surface area contributed by atoms with Gasteiger partial charge in [-0.1, -0.05) is 18.2 Å². The average molecular weight is 444 g/mol. The number of aliphatic hydroxyl groups excluding tert-OH is 1. The van der Waals surface area contributed by atoms with Crippen molar-refractivity contribution in [3.8, 4) is 5.75 Å². The van der Waals surface area contributed by atoms with E-state index < -0.39 is 22.2 Å². The van der Waals surface area contributed by atoms with Crippen molar-refractivity contribution in [3.63, 3.8) is 0 Å². The Labute approximate surface area is 177 Å². The summed E-state index contributed by atoms with van der Waals surface area (Å²) in [5, 5.41) is 25.2. The van der Waals surface area contributed by atoms with Crippen molar-refractivity contribution in [2.24, 2.45) is 0 Å². The Kier molecular flexibility index (Phi) is 9.06. The molecule has 2 aromatic carbocycles. The first-order chi connectivity index (χ1) is 13.1. The lowest BCUT2D eigenvalue weighted by Crippen LogP contribution is -2.38. The second-order valence-corrected chi connectivity index (χ2v) is 8.72. The molecule has 0 saturated heterocycles. The molecule has 0 saturated carbocycles. The van der Waals surface area contributed by atoms with Crippen LogP contribution in [0.2, 0.25) is 0 Å². The van der Waals surface area contributed by atoms with Crippen LogP contribution in [0, 0.1) is 0 Å². The van der Waals surface area contributed by atoms with Crippen LogP contribution in [0.3, 0.4) is 0 Å². The highest BCUT2D eigenvalue weighted by molar-refractivity contribution is 7.89. The molecule has 0 aliphatic rings. The fourth-order valence-corrected chi connectivity index (χ4v) is 3.42. The maximum Gasteiger partial charge on any atom is 0.242 e. The van der Waals surface area contributed by atoms with E-state index in [-0.39, 0.29) is 35.5 Å². The number of hydrogen-bond donors (Lipinski definition) is 4. The number of aromatic hydroxyl groups is 1. The predicted octanol–water partition coefficient (Wildman–Crippen LogP) is 1.71. The molecule has 2 rings (SSSR count). The molecule has 1 amide bonds. The van der Waals surface area contributed by atoms with E-state index in [0.29, 0.717) is 11.3 Å². The summed E-state index contributed by atoms with van der Waals surface area (Å²) in [6, 6.07) is 11.7. The van der Waals surface area contributed by atoms with Crippen molar-refractivity contribution in [1.82, 2.24) is 9.62 Å². The molecule has 2 atom stereocenters. The number of halogens is 1. The molecule has 0 radical (unpaired) electrons. The molecule has 8 nitrogen and oxygen atoms in total. The zero-order chi connectivity index (χ0) is 20.9. The second kappa shape index (κ2) is 10.6. The van der Waals surface area contributed by atoms with E-state index in [2.05, 4.69) is 10.6 Å². The van der Waals surface area contributed by atoms with E-state index in [1.807, 2.05) is 0 Å². The van der Waals surface area contributed by atoms with E-state index in [1.54, 1.807) is 31.2 Å². The number of hydrogen-bond acceptors (Lipinski definition) is 6. The highest BCUT2D eigenvalue weighted by Crippen LogP contribution is 2.20. The molecule has 2 unspecified atom stereocenters. The Morgan fingerprint density at radius 3 is 2.34 bits per heavy atom. The molecule has 0 aromatic heterocycles. The number of carbonyl (C=O) groups excluding carboxylic acids is 1. The van der Waals surface area contributed by atoms with Crippen molar-refractivity contribution >= 4 is 34.0 Å². The summed E-state index contributed by atoms with van der Waals surface area (Å²) in [5.74, 6) is -0.265. The van der Waals surface area contributed by atoms with Crippen LogP contribution in [0.25, 0.3) is 0 Å². The Morgan fingerprint density at radius 2 is 1.76 bits per heavy atom. The van der Waals surface area contributed by atoms with Gasteiger partial charge in [0, 0.05) is 25.8 Å². The average Bonchev–Trinajstić information content (AvgIpc) is 2.66. The number of rotatable bonds is 8. The summed E-state index contributed by atoms with van der Waals surface area (Å²) in [6.07, 6.45) is -0.859. The Hall–Kier alpha value is -2.17. The minimum absolute atomic E-state index is 0. The molecule has 29 heavy (non-hydrogen) atoms. The van der Waals surface area contributed by atoms with Gasteiger partial charge in [-0.05, 0) is 42.8 Å². The minimum Gasteiger partial charge on any atom is -0.508 e. The molecule has 0 heterocycles. The lowest BCUT2D eigenvalue weighted by Gasteiger charge is -2.20. The van der Waals surface area contributed by atoms with Crippen LogP contribution in [0.1, 0.15) is 18.6 Å². The number of anilines is 1. The number of amides is 1. The highest BCUT2D eigenvalue weighted by atomic mass is 35.5. The third kappa shape index (κ3) is 6.69. The maximum absolute atomic E-state index is 12.2. The van der Waals surface area contributed by atoms with Gasteiger partial charge in [-0.2, -0.15) is 0 Å². The van der Waals surface area contributed by atoms with Crippen molar-refractivity contribution < 1.29 is 23.4 Å². The standard InChI is InChI=1S/C19H25N3O5S.ClH/c1-13(19(25)14-7-9-16(23)10-8-14)20-12-18(24)21-15-5-4-6-17(11-15)28(26,27)22(2)3;/h4-11,13,19-20,23,25H,12H2,1-3H3,(H,21,24);1H. The van der Waals surface area contributed by atoms with Crippen molar-refractivity contribution in [1.29, 1.82) is 0 Å². The molecule has 0 fully saturated rings. The van der Waals surface area contributed by atoms with E-state index in [9.17, 15) is 23.4 Å². The van der Waals surface area contributed by atoms with Crippen LogP contribution in [0.5, 0.6) is 5.75 Å². The van der Waals surface area contributed by atoms with Crippen LogP contribution >= 0.6 is 12.4 Å². The van der Waals surface area contributed by atoms with Gasteiger partial charge in [0.1, 0.15) is 5.75 Å². The van der Waals surface area contributed by atoms with Gasteiger partial charge in [0.05, 0.1) is 17.5 Å². The lowest BCUT2D eigenvalue weighted by atomic mass is 10.0. The fraction of sp³-hybridized carbons (Fsp3) is 0.316. The van der Waals surface area contributed by atoms with Crippen molar-refractivity contribution in [2.45, 2.75) is 24.0 Å². The molecule has 2 aromatic rings. The fourth-order valence-electron chi connectivity index (χ4n) is 2.48. The Bertz CT molecular complexity index is 920. The smallest absolute Gasteiger partial charge is 0.242 e. The van der Waals surface area contributed by atoms with Crippen LogP contribution < -0.4 is 10.6 Å². The molecule has 0 aliphatic heterocycles. The number of phenolic OH excluding ortho intramolecular Hbond substituents is 1. The van der Waals surface area contributed by atoms with Gasteiger partial charge in [-0.25, -0.2) is 12.7 Å². The quantitative estimate of drug-likeness (QED) is 0.493. The first kappa shape index (κ1) is 24.9. The van der Waals surface area contributed by atoms with Crippen LogP contribution in [0.15, 0.2) is 53.4 Å². The summed E-state index contributed by atoms with van der Waals surface area (Å²) in [4.78, 5) is 12.3. The summed E-state index contributed by atoms with van der Waals surface area (Å²) < 4.78 is 25.4. The van der Waals surface area contributed by atoms with Gasteiger partial charge in [-0.3, -0.25) is 4.79 Å². The zero-order valence-electron chi connectivity index (χ0n) is 16.4. The van der Waals surface area contributed by atoms with Crippen LogP contribution in [-0.4, -0.2) is 55.5 Å². The van der Waals surface area contributed by atoms with Crippen LogP contribution in [-0.2, 0) is 14.8 Å². The molecular weight excluding hydrogens is 418 g/mol. The first-order valence-corrected chi connectivity index (χ1v) is 10.1. The molecular formula is C19H26ClN3O5S. The number of nitrogens with one attached hydrogen (secondary N) is 2. The summed E-state index contributed by atoms with van der Waals surface area (Å²) in [5.41, 5.74) is 0.973. The summed E-state index contributed by atoms with van der Waals surface area (Å²) in [6.45, 7) is 1.66. The normalized spacial score (nSPS) is 13.4. The Balaban J connectivity index is 0.00000420. The predicted molar refractivity (Wildman–Crippen MR) is 114 cm³/mol. The molecule has 0 bridgehead atoms.